The number of hydrogen-bond donors (Lipinski definition) is 1. The summed E-state index contributed by atoms with van der Waals surface area (Å²) in [5, 5.41) is 3.55. The molecule has 0 radical (unpaired) electrons. The average molecular weight is 390 g/mol. The van der Waals surface area contributed by atoms with Gasteiger partial charge in [0.1, 0.15) is 18.2 Å². The van der Waals surface area contributed by atoms with Crippen LogP contribution in [0.2, 0.25) is 10.0 Å². The van der Waals surface area contributed by atoms with Gasteiger partial charge in [0.25, 0.3) is 5.91 Å². The molecule has 0 atom stereocenters. The zero-order valence-electron chi connectivity index (χ0n) is 13.5. The fraction of sp³-hybridized carbons (Fsp3) is 0.0500. The first-order valence-electron chi connectivity index (χ1n) is 7.75. The van der Waals surface area contributed by atoms with Crippen LogP contribution in [0.15, 0.2) is 66.7 Å². The minimum Gasteiger partial charge on any atom is -0.455 e. The number of benzene rings is 3. The molecule has 0 aliphatic carbocycles. The molecule has 132 valence electrons. The second kappa shape index (κ2) is 8.21. The summed E-state index contributed by atoms with van der Waals surface area (Å²) in [5.41, 5.74) is 1.18. The molecule has 6 heteroatoms. The summed E-state index contributed by atoms with van der Waals surface area (Å²) >= 11 is 12.1. The van der Waals surface area contributed by atoms with Crippen LogP contribution in [0.25, 0.3) is 0 Å². The van der Waals surface area contributed by atoms with Crippen LogP contribution in [0.3, 0.4) is 0 Å². The number of halogens is 3. The number of anilines is 1. The van der Waals surface area contributed by atoms with Crippen molar-refractivity contribution in [3.05, 3.63) is 87.9 Å². The molecule has 0 unspecified atom stereocenters. The van der Waals surface area contributed by atoms with Gasteiger partial charge in [-0.15, -0.1) is 0 Å². The van der Waals surface area contributed by atoms with Crippen LogP contribution in [-0.4, -0.2) is 5.91 Å². The summed E-state index contributed by atoms with van der Waals surface area (Å²) in [6, 6.07) is 18.3. The van der Waals surface area contributed by atoms with Crippen LogP contribution >= 0.6 is 23.2 Å². The van der Waals surface area contributed by atoms with Crippen molar-refractivity contribution in [3.63, 3.8) is 0 Å². The first-order valence-corrected chi connectivity index (χ1v) is 8.50. The number of hydrogen-bond acceptors (Lipinski definition) is 2. The van der Waals surface area contributed by atoms with Gasteiger partial charge in [0.2, 0.25) is 0 Å². The Bertz CT molecular complexity index is 932. The lowest BCUT2D eigenvalue weighted by Gasteiger charge is -2.14. The average Bonchev–Trinajstić information content (AvgIpc) is 2.65. The third-order valence-corrected chi connectivity index (χ3v) is 4.14. The van der Waals surface area contributed by atoms with Gasteiger partial charge < -0.3 is 10.1 Å². The van der Waals surface area contributed by atoms with E-state index in [1.165, 1.54) is 12.1 Å². The molecule has 0 fully saturated rings. The van der Waals surface area contributed by atoms with Gasteiger partial charge in [-0.05, 0) is 42.0 Å². The Morgan fingerprint density at radius 3 is 2.46 bits per heavy atom. The van der Waals surface area contributed by atoms with E-state index < -0.39 is 12.6 Å². The molecule has 1 amide bonds. The zero-order chi connectivity index (χ0) is 18.5. The van der Waals surface area contributed by atoms with Crippen LogP contribution in [0.1, 0.15) is 15.9 Å². The Morgan fingerprint density at radius 2 is 1.73 bits per heavy atom. The van der Waals surface area contributed by atoms with Crippen LogP contribution in [0.4, 0.5) is 10.1 Å². The van der Waals surface area contributed by atoms with E-state index in [1.54, 1.807) is 48.5 Å². The summed E-state index contributed by atoms with van der Waals surface area (Å²) in [6.45, 7) is -0.691. The first kappa shape index (κ1) is 18.2. The number of carbonyl (C=O) groups is 1. The van der Waals surface area contributed by atoms with Crippen molar-refractivity contribution in [1.82, 2.24) is 0 Å². The standard InChI is InChI=1S/C20H14Cl2FNO2/c21-14-7-8-17(22)19(11-14)26-18-9-6-13(12-23)10-16(18)20(25)24-15-4-2-1-3-5-15/h1-11H,12H2,(H,24,25). The molecule has 0 saturated heterocycles. The highest BCUT2D eigenvalue weighted by molar-refractivity contribution is 6.34. The van der Waals surface area contributed by atoms with E-state index in [4.69, 9.17) is 27.9 Å². The summed E-state index contributed by atoms with van der Waals surface area (Å²) in [4.78, 5) is 12.7. The lowest BCUT2D eigenvalue weighted by atomic mass is 10.1. The largest absolute Gasteiger partial charge is 0.455 e. The number of carbonyl (C=O) groups excluding carboxylic acids is 1. The molecule has 0 saturated carbocycles. The molecule has 0 bridgehead atoms. The molecular weight excluding hydrogens is 376 g/mol. The number of amides is 1. The molecule has 0 heterocycles. The molecule has 0 spiro atoms. The number of alkyl halides is 1. The number of nitrogens with one attached hydrogen (secondary N) is 1. The Kier molecular flexibility index (Phi) is 5.76. The minimum absolute atomic E-state index is 0.194. The van der Waals surface area contributed by atoms with Gasteiger partial charge in [-0.1, -0.05) is 47.5 Å². The first-order chi connectivity index (χ1) is 12.6. The molecular formula is C20H14Cl2FNO2. The molecule has 0 aromatic heterocycles. The highest BCUT2D eigenvalue weighted by atomic mass is 35.5. The third-order valence-electron chi connectivity index (χ3n) is 3.59. The second-order valence-electron chi connectivity index (χ2n) is 5.46. The van der Waals surface area contributed by atoms with Crippen molar-refractivity contribution in [3.8, 4) is 11.5 Å². The van der Waals surface area contributed by atoms with Crippen LogP contribution in [0.5, 0.6) is 11.5 Å². The van der Waals surface area contributed by atoms with Crippen molar-refractivity contribution in [2.24, 2.45) is 0 Å². The van der Waals surface area contributed by atoms with Crippen LogP contribution in [-0.2, 0) is 6.67 Å². The van der Waals surface area contributed by atoms with Crippen LogP contribution < -0.4 is 10.1 Å². The third kappa shape index (κ3) is 4.34. The van der Waals surface area contributed by atoms with Crippen molar-refractivity contribution in [2.45, 2.75) is 6.67 Å². The maximum Gasteiger partial charge on any atom is 0.259 e. The number of para-hydroxylation sites is 1. The Morgan fingerprint density at radius 1 is 0.962 bits per heavy atom. The van der Waals surface area contributed by atoms with E-state index in [0.29, 0.717) is 27.0 Å². The molecule has 1 N–H and O–H groups in total. The van der Waals surface area contributed by atoms with Crippen molar-refractivity contribution in [2.75, 3.05) is 5.32 Å². The van der Waals surface area contributed by atoms with Gasteiger partial charge in [-0.2, -0.15) is 0 Å². The summed E-state index contributed by atoms with van der Waals surface area (Å²) in [5.74, 6) is 0.139. The van der Waals surface area contributed by atoms with Crippen molar-refractivity contribution < 1.29 is 13.9 Å². The zero-order valence-corrected chi connectivity index (χ0v) is 15.0. The smallest absolute Gasteiger partial charge is 0.259 e. The normalized spacial score (nSPS) is 10.4. The summed E-state index contributed by atoms with van der Waals surface area (Å²) in [7, 11) is 0. The van der Waals surface area contributed by atoms with E-state index in [-0.39, 0.29) is 11.3 Å². The molecule has 3 nitrogen and oxygen atoms in total. The van der Waals surface area contributed by atoms with Gasteiger partial charge >= 0.3 is 0 Å². The molecule has 26 heavy (non-hydrogen) atoms. The van der Waals surface area contributed by atoms with E-state index in [2.05, 4.69) is 5.32 Å². The van der Waals surface area contributed by atoms with Gasteiger partial charge in [0, 0.05) is 16.8 Å². The fourth-order valence-electron chi connectivity index (χ4n) is 2.32. The maximum absolute atomic E-state index is 13.1. The van der Waals surface area contributed by atoms with Gasteiger partial charge in [-0.25, -0.2) is 4.39 Å². The summed E-state index contributed by atoms with van der Waals surface area (Å²) < 4.78 is 18.8. The lowest BCUT2D eigenvalue weighted by Crippen LogP contribution is -2.13. The topological polar surface area (TPSA) is 38.3 Å². The number of ether oxygens (including phenoxy) is 1. The van der Waals surface area contributed by atoms with E-state index >= 15 is 0 Å². The number of rotatable bonds is 5. The molecule has 0 aliphatic rings. The Hall–Kier alpha value is -2.56. The van der Waals surface area contributed by atoms with Crippen LogP contribution in [0, 0.1) is 0 Å². The lowest BCUT2D eigenvalue weighted by molar-refractivity contribution is 0.102. The van der Waals surface area contributed by atoms with Gasteiger partial charge in [-0.3, -0.25) is 4.79 Å². The highest BCUT2D eigenvalue weighted by Crippen LogP contribution is 2.34. The van der Waals surface area contributed by atoms with E-state index in [9.17, 15) is 9.18 Å². The Balaban J connectivity index is 1.95. The highest BCUT2D eigenvalue weighted by Gasteiger charge is 2.16. The molecule has 3 aromatic carbocycles. The van der Waals surface area contributed by atoms with E-state index in [1.807, 2.05) is 6.07 Å². The molecule has 3 rings (SSSR count). The van der Waals surface area contributed by atoms with Gasteiger partial charge in [0.05, 0.1) is 10.6 Å². The predicted molar refractivity (Wildman–Crippen MR) is 102 cm³/mol. The minimum atomic E-state index is -0.691. The van der Waals surface area contributed by atoms with E-state index in [0.717, 1.165) is 0 Å². The van der Waals surface area contributed by atoms with Crippen molar-refractivity contribution in [1.29, 1.82) is 0 Å². The second-order valence-corrected chi connectivity index (χ2v) is 6.30. The Labute approximate surface area is 160 Å². The molecule has 0 aliphatic heterocycles. The van der Waals surface area contributed by atoms with Gasteiger partial charge in [0.15, 0.2) is 0 Å². The monoisotopic (exact) mass is 389 g/mol. The quantitative estimate of drug-likeness (QED) is 0.540. The maximum atomic E-state index is 13.1. The SMILES string of the molecule is O=C(Nc1ccccc1)c1cc(CF)ccc1Oc1cc(Cl)ccc1Cl. The summed E-state index contributed by atoms with van der Waals surface area (Å²) in [6.07, 6.45) is 0. The predicted octanol–water partition coefficient (Wildman–Crippen LogP) is 6.51. The van der Waals surface area contributed by atoms with Crippen molar-refractivity contribution >= 4 is 34.8 Å². The fourth-order valence-corrected chi connectivity index (χ4v) is 2.64. The molecule has 3 aromatic rings.